The van der Waals surface area contributed by atoms with E-state index in [1.54, 1.807) is 12.4 Å². The van der Waals surface area contributed by atoms with Gasteiger partial charge < -0.3 is 20.1 Å². The molecule has 8 heteroatoms. The van der Waals surface area contributed by atoms with Crippen molar-refractivity contribution in [2.24, 2.45) is 0 Å². The fourth-order valence-corrected chi connectivity index (χ4v) is 1.77. The van der Waals surface area contributed by atoms with E-state index in [4.69, 9.17) is 9.84 Å². The molecule has 1 saturated heterocycles. The predicted octanol–water partition coefficient (Wildman–Crippen LogP) is -0.220. The Kier molecular flexibility index (Phi) is 4.46. The number of carboxylic acid groups (broad SMARTS) is 1. The Morgan fingerprint density at radius 1 is 1.50 bits per heavy atom. The number of nitrogens with zero attached hydrogens (tertiary/aromatic N) is 3. The molecule has 1 aromatic heterocycles. The number of aryl methyl sites for hydroxylation is 1. The summed E-state index contributed by atoms with van der Waals surface area (Å²) in [6, 6.07) is -0.332. The van der Waals surface area contributed by atoms with Gasteiger partial charge in [-0.25, -0.2) is 9.59 Å². The lowest BCUT2D eigenvalue weighted by atomic mass is 10.3. The molecule has 0 aromatic carbocycles. The van der Waals surface area contributed by atoms with Gasteiger partial charge in [0.15, 0.2) is 6.10 Å². The van der Waals surface area contributed by atoms with Crippen LogP contribution in [0.4, 0.5) is 4.79 Å². The third kappa shape index (κ3) is 3.64. The molecule has 0 saturated carbocycles. The molecule has 1 unspecified atom stereocenters. The Bertz CT molecular complexity index is 491. The maximum absolute atomic E-state index is 11.9. The topological polar surface area (TPSA) is 105 Å². The van der Waals surface area contributed by atoms with Crippen molar-refractivity contribution in [3.05, 3.63) is 23.8 Å². The largest absolute Gasteiger partial charge is 0.479 e. The van der Waals surface area contributed by atoms with E-state index >= 15 is 0 Å². The van der Waals surface area contributed by atoms with Crippen LogP contribution in [0.2, 0.25) is 0 Å². The number of morpholine rings is 1. The maximum atomic E-state index is 11.9. The Morgan fingerprint density at radius 3 is 2.95 bits per heavy atom. The fourth-order valence-electron chi connectivity index (χ4n) is 1.77. The van der Waals surface area contributed by atoms with E-state index in [0.29, 0.717) is 12.2 Å². The van der Waals surface area contributed by atoms with Crippen LogP contribution >= 0.6 is 0 Å². The molecule has 2 heterocycles. The number of hydrogen-bond acceptors (Lipinski definition) is 5. The lowest BCUT2D eigenvalue weighted by molar-refractivity contribution is -0.154. The first-order valence-electron chi connectivity index (χ1n) is 6.21. The van der Waals surface area contributed by atoms with Crippen LogP contribution < -0.4 is 5.32 Å². The van der Waals surface area contributed by atoms with Gasteiger partial charge in [-0.05, 0) is 6.92 Å². The Morgan fingerprint density at radius 2 is 2.30 bits per heavy atom. The van der Waals surface area contributed by atoms with Crippen molar-refractivity contribution in [3.63, 3.8) is 0 Å². The number of urea groups is 1. The van der Waals surface area contributed by atoms with Crippen molar-refractivity contribution < 1.29 is 19.4 Å². The first-order chi connectivity index (χ1) is 9.56. The molecule has 20 heavy (non-hydrogen) atoms. The zero-order valence-corrected chi connectivity index (χ0v) is 11.1. The van der Waals surface area contributed by atoms with Crippen LogP contribution in [-0.2, 0) is 16.1 Å². The van der Waals surface area contributed by atoms with Crippen LogP contribution in [-0.4, -0.2) is 57.8 Å². The molecule has 0 aliphatic carbocycles. The molecule has 0 bridgehead atoms. The standard InChI is InChI=1S/C12H16N4O4/c1-8-4-14-9(5-13-8)6-15-12(19)16-2-3-20-10(7-16)11(17)18/h4-5,10H,2-3,6-7H2,1H3,(H,15,19)(H,17,18). The van der Waals surface area contributed by atoms with Crippen LogP contribution in [0.15, 0.2) is 12.4 Å². The molecule has 2 N–H and O–H groups in total. The Labute approximate surface area is 115 Å². The van der Waals surface area contributed by atoms with Gasteiger partial charge in [0, 0.05) is 12.7 Å². The van der Waals surface area contributed by atoms with Gasteiger partial charge in [-0.3, -0.25) is 9.97 Å². The average Bonchev–Trinajstić information content (AvgIpc) is 2.46. The van der Waals surface area contributed by atoms with Crippen molar-refractivity contribution in [1.82, 2.24) is 20.2 Å². The van der Waals surface area contributed by atoms with Gasteiger partial charge in [-0.15, -0.1) is 0 Å². The second-order valence-electron chi connectivity index (χ2n) is 4.45. The number of carbonyl (C=O) groups is 2. The van der Waals surface area contributed by atoms with Gasteiger partial charge in [-0.2, -0.15) is 0 Å². The minimum Gasteiger partial charge on any atom is -0.479 e. The minimum atomic E-state index is -1.06. The summed E-state index contributed by atoms with van der Waals surface area (Å²) in [6.07, 6.45) is 2.25. The molecule has 2 amide bonds. The van der Waals surface area contributed by atoms with Gasteiger partial charge in [0.05, 0.1) is 37.3 Å². The molecule has 1 aliphatic heterocycles. The van der Waals surface area contributed by atoms with Crippen LogP contribution in [0.1, 0.15) is 11.4 Å². The number of aromatic nitrogens is 2. The molecule has 0 radical (unpaired) electrons. The number of amides is 2. The van der Waals surface area contributed by atoms with E-state index in [-0.39, 0.29) is 25.7 Å². The van der Waals surface area contributed by atoms with E-state index < -0.39 is 12.1 Å². The van der Waals surface area contributed by atoms with Crippen molar-refractivity contribution in [1.29, 1.82) is 0 Å². The fraction of sp³-hybridized carbons (Fsp3) is 0.500. The third-order valence-electron chi connectivity index (χ3n) is 2.88. The number of nitrogens with one attached hydrogen (secondary N) is 1. The SMILES string of the molecule is Cc1cnc(CNC(=O)N2CCOC(C(=O)O)C2)cn1. The maximum Gasteiger partial charge on any atom is 0.334 e. The molecular weight excluding hydrogens is 264 g/mol. The first-order valence-corrected chi connectivity index (χ1v) is 6.21. The second-order valence-corrected chi connectivity index (χ2v) is 4.45. The molecular formula is C12H16N4O4. The summed E-state index contributed by atoms with van der Waals surface area (Å²) in [4.78, 5) is 32.4. The highest BCUT2D eigenvalue weighted by molar-refractivity contribution is 5.77. The zero-order chi connectivity index (χ0) is 14.5. The molecule has 8 nitrogen and oxygen atoms in total. The molecule has 1 atom stereocenters. The zero-order valence-electron chi connectivity index (χ0n) is 11.1. The van der Waals surface area contributed by atoms with Gasteiger partial charge in [0.2, 0.25) is 0 Å². The van der Waals surface area contributed by atoms with E-state index in [0.717, 1.165) is 5.69 Å². The molecule has 1 fully saturated rings. The van der Waals surface area contributed by atoms with Crippen LogP contribution in [0.25, 0.3) is 0 Å². The van der Waals surface area contributed by atoms with E-state index in [1.807, 2.05) is 6.92 Å². The van der Waals surface area contributed by atoms with Crippen molar-refractivity contribution in [2.75, 3.05) is 19.7 Å². The van der Waals surface area contributed by atoms with Crippen molar-refractivity contribution >= 4 is 12.0 Å². The quantitative estimate of drug-likeness (QED) is 0.793. The summed E-state index contributed by atoms with van der Waals surface area (Å²) in [7, 11) is 0. The molecule has 108 valence electrons. The lowest BCUT2D eigenvalue weighted by Crippen LogP contribution is -2.51. The van der Waals surface area contributed by atoms with E-state index in [2.05, 4.69) is 15.3 Å². The van der Waals surface area contributed by atoms with Crippen molar-refractivity contribution in [3.8, 4) is 0 Å². The summed E-state index contributed by atoms with van der Waals surface area (Å²) in [5, 5.41) is 11.6. The number of hydrogen-bond donors (Lipinski definition) is 2. The Balaban J connectivity index is 1.85. The van der Waals surface area contributed by atoms with Crippen molar-refractivity contribution in [2.45, 2.75) is 19.6 Å². The van der Waals surface area contributed by atoms with Crippen LogP contribution in [0.3, 0.4) is 0 Å². The highest BCUT2D eigenvalue weighted by Gasteiger charge is 2.28. The van der Waals surface area contributed by atoms with Gasteiger partial charge in [-0.1, -0.05) is 0 Å². The Hall–Kier alpha value is -2.22. The molecule has 2 rings (SSSR count). The summed E-state index contributed by atoms with van der Waals surface area (Å²) in [6.45, 7) is 2.71. The first kappa shape index (κ1) is 14.2. The predicted molar refractivity (Wildman–Crippen MR) is 68.0 cm³/mol. The third-order valence-corrected chi connectivity index (χ3v) is 2.88. The summed E-state index contributed by atoms with van der Waals surface area (Å²) >= 11 is 0. The summed E-state index contributed by atoms with van der Waals surface area (Å²) < 4.78 is 5.05. The number of carbonyl (C=O) groups excluding carboxylic acids is 1. The van der Waals surface area contributed by atoms with Gasteiger partial charge >= 0.3 is 12.0 Å². The summed E-state index contributed by atoms with van der Waals surface area (Å²) in [5.74, 6) is -1.06. The number of aliphatic carboxylic acids is 1. The smallest absolute Gasteiger partial charge is 0.334 e. The highest BCUT2D eigenvalue weighted by atomic mass is 16.5. The van der Waals surface area contributed by atoms with E-state index in [9.17, 15) is 9.59 Å². The second kappa shape index (κ2) is 6.29. The minimum absolute atomic E-state index is 0.0424. The highest BCUT2D eigenvalue weighted by Crippen LogP contribution is 2.06. The lowest BCUT2D eigenvalue weighted by Gasteiger charge is -2.30. The number of ether oxygens (including phenoxy) is 1. The summed E-state index contributed by atoms with van der Waals surface area (Å²) in [5.41, 5.74) is 1.45. The molecule has 1 aliphatic rings. The van der Waals surface area contributed by atoms with Crippen LogP contribution in [0.5, 0.6) is 0 Å². The van der Waals surface area contributed by atoms with Gasteiger partial charge in [0.25, 0.3) is 0 Å². The number of rotatable bonds is 3. The van der Waals surface area contributed by atoms with Gasteiger partial charge in [0.1, 0.15) is 0 Å². The van der Waals surface area contributed by atoms with Crippen LogP contribution in [0, 0.1) is 6.92 Å². The van der Waals surface area contributed by atoms with E-state index in [1.165, 1.54) is 4.90 Å². The number of carboxylic acids is 1. The molecule has 0 spiro atoms. The normalized spacial score (nSPS) is 18.6. The average molecular weight is 280 g/mol. The monoisotopic (exact) mass is 280 g/mol. The molecule has 1 aromatic rings.